The number of ether oxygens (including phenoxy) is 1. The summed E-state index contributed by atoms with van der Waals surface area (Å²) < 4.78 is 5.31. The van der Waals surface area contributed by atoms with Crippen molar-refractivity contribution in [2.75, 3.05) is 19.1 Å². The minimum atomic E-state index is 0.522. The maximum Gasteiger partial charge on any atom is 0.0577 e. The molecule has 0 heterocycles. The van der Waals surface area contributed by atoms with Crippen LogP contribution in [0.4, 0.5) is 0 Å². The molecule has 0 aromatic heterocycles. The van der Waals surface area contributed by atoms with E-state index in [0.717, 1.165) is 11.7 Å². The van der Waals surface area contributed by atoms with Crippen LogP contribution >= 0.6 is 11.8 Å². The second-order valence-corrected chi connectivity index (χ2v) is 4.23. The lowest BCUT2D eigenvalue weighted by atomic mass is 10.1. The summed E-state index contributed by atoms with van der Waals surface area (Å²) in [6, 6.07) is 0. The minimum absolute atomic E-state index is 0.522. The first kappa shape index (κ1) is 10.1. The molecule has 0 bridgehead atoms. The molecule has 1 rings (SSSR count). The van der Waals surface area contributed by atoms with Gasteiger partial charge in [-0.3, -0.25) is 0 Å². The van der Waals surface area contributed by atoms with E-state index in [1.54, 1.807) is 0 Å². The molecule has 1 aliphatic rings. The molecule has 0 aromatic rings. The fraction of sp³-hybridized carbons (Fsp3) is 0.800. The van der Waals surface area contributed by atoms with Gasteiger partial charge >= 0.3 is 0 Å². The van der Waals surface area contributed by atoms with Gasteiger partial charge in [0.05, 0.1) is 6.10 Å². The summed E-state index contributed by atoms with van der Waals surface area (Å²) in [5.74, 6) is 1.93. The molecular weight excluding hydrogens is 168 g/mol. The predicted molar refractivity (Wildman–Crippen MR) is 55.7 cm³/mol. The van der Waals surface area contributed by atoms with Gasteiger partial charge in [0.2, 0.25) is 0 Å². The first-order valence-corrected chi connectivity index (χ1v) is 5.94. The van der Waals surface area contributed by atoms with Crippen LogP contribution in [0.3, 0.4) is 0 Å². The van der Waals surface area contributed by atoms with E-state index in [0.29, 0.717) is 6.10 Å². The Hall–Kier alpha value is 0.0500. The van der Waals surface area contributed by atoms with Crippen LogP contribution in [0.15, 0.2) is 12.2 Å². The maximum absolute atomic E-state index is 5.31. The van der Waals surface area contributed by atoms with Crippen molar-refractivity contribution >= 4 is 11.8 Å². The maximum atomic E-state index is 5.31. The molecule has 70 valence electrons. The summed E-state index contributed by atoms with van der Waals surface area (Å²) in [6.45, 7) is 0. The van der Waals surface area contributed by atoms with Gasteiger partial charge in [0.15, 0.2) is 0 Å². The first-order chi connectivity index (χ1) is 5.86. The average molecular weight is 186 g/mol. The van der Waals surface area contributed by atoms with Crippen molar-refractivity contribution in [2.45, 2.75) is 25.4 Å². The quantitative estimate of drug-likeness (QED) is 0.624. The number of allylic oxidation sites excluding steroid dienone is 1. The molecule has 1 fully saturated rings. The highest BCUT2D eigenvalue weighted by atomic mass is 32.2. The third-order valence-electron chi connectivity index (χ3n) is 2.43. The molecule has 0 aliphatic heterocycles. The molecular formula is C10H18OS. The van der Waals surface area contributed by atoms with Gasteiger partial charge in [0, 0.05) is 12.9 Å². The highest BCUT2D eigenvalue weighted by Gasteiger charge is 2.21. The van der Waals surface area contributed by atoms with E-state index in [1.807, 2.05) is 18.9 Å². The SMILES string of the molecule is COC1CC[C@H](/C=C/CSC)C1. The summed E-state index contributed by atoms with van der Waals surface area (Å²) in [4.78, 5) is 0. The summed E-state index contributed by atoms with van der Waals surface area (Å²) in [5.41, 5.74) is 0. The van der Waals surface area contributed by atoms with Crippen molar-refractivity contribution in [1.29, 1.82) is 0 Å². The third-order valence-corrected chi connectivity index (χ3v) is 2.96. The molecule has 0 saturated heterocycles. The molecule has 0 amide bonds. The zero-order valence-electron chi connectivity index (χ0n) is 7.95. The molecule has 1 aliphatic carbocycles. The number of thioether (sulfide) groups is 1. The Morgan fingerprint density at radius 2 is 2.33 bits per heavy atom. The van der Waals surface area contributed by atoms with Crippen LogP contribution < -0.4 is 0 Å². The Balaban J connectivity index is 2.18. The zero-order chi connectivity index (χ0) is 8.81. The number of methoxy groups -OCH3 is 1. The van der Waals surface area contributed by atoms with Gasteiger partial charge < -0.3 is 4.74 Å². The van der Waals surface area contributed by atoms with Gasteiger partial charge in [0.1, 0.15) is 0 Å². The monoisotopic (exact) mass is 186 g/mol. The van der Waals surface area contributed by atoms with E-state index in [1.165, 1.54) is 19.3 Å². The standard InChI is InChI=1S/C10H18OS/c1-11-10-6-5-9(8-10)4-3-7-12-2/h3-4,9-10H,5-8H2,1-2H3/b4-3+/t9-,10?/m0/s1. The number of rotatable bonds is 4. The van der Waals surface area contributed by atoms with E-state index in [-0.39, 0.29) is 0 Å². The third kappa shape index (κ3) is 3.20. The van der Waals surface area contributed by atoms with Crippen LogP contribution in [0.25, 0.3) is 0 Å². The summed E-state index contributed by atoms with van der Waals surface area (Å²) >= 11 is 1.87. The molecule has 0 radical (unpaired) electrons. The van der Waals surface area contributed by atoms with Crippen molar-refractivity contribution in [2.24, 2.45) is 5.92 Å². The Labute approximate surface area is 79.6 Å². The second-order valence-electron chi connectivity index (χ2n) is 3.31. The Morgan fingerprint density at radius 3 is 2.92 bits per heavy atom. The summed E-state index contributed by atoms with van der Waals surface area (Å²) in [7, 11) is 1.82. The lowest BCUT2D eigenvalue weighted by Crippen LogP contribution is -2.03. The summed E-state index contributed by atoms with van der Waals surface area (Å²) in [5, 5.41) is 0. The molecule has 2 atom stereocenters. The van der Waals surface area contributed by atoms with E-state index in [2.05, 4.69) is 18.4 Å². The van der Waals surface area contributed by atoms with Crippen molar-refractivity contribution in [3.05, 3.63) is 12.2 Å². The van der Waals surface area contributed by atoms with Gasteiger partial charge in [-0.1, -0.05) is 12.2 Å². The minimum Gasteiger partial charge on any atom is -0.381 e. The van der Waals surface area contributed by atoms with Gasteiger partial charge in [-0.25, -0.2) is 0 Å². The molecule has 0 spiro atoms. The smallest absolute Gasteiger partial charge is 0.0577 e. The van der Waals surface area contributed by atoms with Crippen molar-refractivity contribution in [3.8, 4) is 0 Å². The number of hydrogen-bond acceptors (Lipinski definition) is 2. The van der Waals surface area contributed by atoms with E-state index in [4.69, 9.17) is 4.74 Å². The van der Waals surface area contributed by atoms with Crippen LogP contribution in [0, 0.1) is 5.92 Å². The fourth-order valence-electron chi connectivity index (χ4n) is 1.71. The average Bonchev–Trinajstić information content (AvgIpc) is 2.53. The Morgan fingerprint density at radius 1 is 1.50 bits per heavy atom. The van der Waals surface area contributed by atoms with Crippen molar-refractivity contribution in [3.63, 3.8) is 0 Å². The second kappa shape index (κ2) is 5.65. The zero-order valence-corrected chi connectivity index (χ0v) is 8.77. The van der Waals surface area contributed by atoms with Gasteiger partial charge in [-0.2, -0.15) is 11.8 Å². The molecule has 12 heavy (non-hydrogen) atoms. The Bertz CT molecular complexity index is 145. The predicted octanol–water partition coefficient (Wildman–Crippen LogP) is 2.72. The van der Waals surface area contributed by atoms with Crippen molar-refractivity contribution in [1.82, 2.24) is 0 Å². The molecule has 1 nitrogen and oxygen atoms in total. The lowest BCUT2D eigenvalue weighted by Gasteiger charge is -2.05. The first-order valence-electron chi connectivity index (χ1n) is 4.55. The van der Waals surface area contributed by atoms with E-state index < -0.39 is 0 Å². The molecule has 2 heteroatoms. The highest BCUT2D eigenvalue weighted by Crippen LogP contribution is 2.28. The lowest BCUT2D eigenvalue weighted by molar-refractivity contribution is 0.107. The molecule has 0 aromatic carbocycles. The van der Waals surface area contributed by atoms with E-state index >= 15 is 0 Å². The normalized spacial score (nSPS) is 30.2. The van der Waals surface area contributed by atoms with Crippen LogP contribution in [-0.2, 0) is 4.74 Å². The topological polar surface area (TPSA) is 9.23 Å². The largest absolute Gasteiger partial charge is 0.381 e. The Kier molecular flexibility index (Phi) is 4.77. The summed E-state index contributed by atoms with van der Waals surface area (Å²) in [6.07, 6.45) is 11.1. The van der Waals surface area contributed by atoms with E-state index in [9.17, 15) is 0 Å². The van der Waals surface area contributed by atoms with Crippen LogP contribution in [0.5, 0.6) is 0 Å². The molecule has 0 N–H and O–H groups in total. The fourth-order valence-corrected chi connectivity index (χ4v) is 2.01. The van der Waals surface area contributed by atoms with Crippen LogP contribution in [-0.4, -0.2) is 25.2 Å². The van der Waals surface area contributed by atoms with Crippen molar-refractivity contribution < 1.29 is 4.74 Å². The van der Waals surface area contributed by atoms with Gasteiger partial charge in [0.25, 0.3) is 0 Å². The van der Waals surface area contributed by atoms with Crippen LogP contribution in [0.2, 0.25) is 0 Å². The highest BCUT2D eigenvalue weighted by molar-refractivity contribution is 7.98. The van der Waals surface area contributed by atoms with Gasteiger partial charge in [-0.05, 0) is 31.4 Å². The van der Waals surface area contributed by atoms with Gasteiger partial charge in [-0.15, -0.1) is 0 Å². The molecule has 1 saturated carbocycles. The van der Waals surface area contributed by atoms with Crippen LogP contribution in [0.1, 0.15) is 19.3 Å². The number of hydrogen-bond donors (Lipinski definition) is 0. The molecule has 1 unspecified atom stereocenters.